The molecule has 2 rings (SSSR count). The lowest BCUT2D eigenvalue weighted by Gasteiger charge is -2.12. The molecule has 26 heavy (non-hydrogen) atoms. The highest BCUT2D eigenvalue weighted by atomic mass is 32.2. The Balaban J connectivity index is 2.16. The van der Waals surface area contributed by atoms with E-state index in [1.165, 1.54) is 0 Å². The number of aromatic nitrogens is 1. The third kappa shape index (κ3) is 5.12. The molecule has 0 atom stereocenters. The first kappa shape index (κ1) is 19.6. The minimum Gasteiger partial charge on any atom is -0.369 e. The number of carbonyl (C=O) groups is 2. The number of pyridine rings is 1. The number of hydrogen-bond acceptors (Lipinski definition) is 4. The Labute approximate surface area is 150 Å². The van der Waals surface area contributed by atoms with Gasteiger partial charge in [-0.3, -0.25) is 14.4 Å². The number of nitrogens with two attached hydrogens (primary N) is 1. The summed E-state index contributed by atoms with van der Waals surface area (Å²) >= 11 is 1.11. The quantitative estimate of drug-likeness (QED) is 0.745. The largest absolute Gasteiger partial charge is 0.421 e. The molecule has 1 heterocycles. The molecule has 3 N–H and O–H groups in total. The fourth-order valence-electron chi connectivity index (χ4n) is 2.07. The average Bonchev–Trinajstić information content (AvgIpc) is 2.54. The summed E-state index contributed by atoms with van der Waals surface area (Å²) in [7, 11) is 0. The number of thioether (sulfide) groups is 1. The van der Waals surface area contributed by atoms with Gasteiger partial charge < -0.3 is 15.6 Å². The molecular weight excluding hydrogens is 371 g/mol. The van der Waals surface area contributed by atoms with Crippen molar-refractivity contribution in [3.05, 3.63) is 58.5 Å². The van der Waals surface area contributed by atoms with E-state index in [-0.39, 0.29) is 5.75 Å². The topological polar surface area (TPSA) is 94.2 Å². The second kappa shape index (κ2) is 8.09. The summed E-state index contributed by atoms with van der Waals surface area (Å²) < 4.78 is 39.0. The van der Waals surface area contributed by atoms with Crippen LogP contribution in [0.3, 0.4) is 0 Å². The van der Waals surface area contributed by atoms with Crippen molar-refractivity contribution in [2.24, 2.45) is 5.73 Å². The lowest BCUT2D eigenvalue weighted by Crippen LogP contribution is -2.32. The molecule has 0 unspecified atom stereocenters. The Kier molecular flexibility index (Phi) is 6.09. The summed E-state index contributed by atoms with van der Waals surface area (Å²) in [4.78, 5) is 35.4. The van der Waals surface area contributed by atoms with Crippen LogP contribution in [0.5, 0.6) is 0 Å². The maximum atomic E-state index is 12.8. The summed E-state index contributed by atoms with van der Waals surface area (Å²) in [5, 5.41) is 2.52. The van der Waals surface area contributed by atoms with E-state index in [9.17, 15) is 27.6 Å². The number of primary amides is 1. The lowest BCUT2D eigenvalue weighted by molar-refractivity contribution is -0.139. The average molecular weight is 385 g/mol. The van der Waals surface area contributed by atoms with E-state index >= 15 is 0 Å². The zero-order valence-corrected chi connectivity index (χ0v) is 14.1. The summed E-state index contributed by atoms with van der Waals surface area (Å²) in [6.07, 6.45) is -3.69. The maximum Gasteiger partial charge on any atom is 0.421 e. The molecule has 0 saturated heterocycles. The van der Waals surface area contributed by atoms with Gasteiger partial charge in [0.15, 0.2) is 0 Å². The first-order chi connectivity index (χ1) is 12.2. The number of hydrogen-bond donors (Lipinski definition) is 2. The number of nitrogens with one attached hydrogen (secondary N) is 1. The van der Waals surface area contributed by atoms with Crippen molar-refractivity contribution < 1.29 is 22.8 Å². The fourth-order valence-corrected chi connectivity index (χ4v) is 2.81. The van der Waals surface area contributed by atoms with Gasteiger partial charge in [0.2, 0.25) is 11.8 Å². The Bertz CT molecular complexity index is 881. The summed E-state index contributed by atoms with van der Waals surface area (Å²) in [6, 6.07) is 8.26. The smallest absolute Gasteiger partial charge is 0.369 e. The molecule has 0 bridgehead atoms. The van der Waals surface area contributed by atoms with Crippen LogP contribution in [0.1, 0.15) is 5.56 Å². The highest BCUT2D eigenvalue weighted by Crippen LogP contribution is 2.27. The third-order valence-electron chi connectivity index (χ3n) is 3.17. The maximum absolute atomic E-state index is 12.8. The van der Waals surface area contributed by atoms with E-state index in [2.05, 4.69) is 5.32 Å². The second-order valence-corrected chi connectivity index (χ2v) is 6.17. The van der Waals surface area contributed by atoms with Gasteiger partial charge in [0.25, 0.3) is 5.56 Å². The van der Waals surface area contributed by atoms with Crippen molar-refractivity contribution >= 4 is 29.3 Å². The molecule has 0 radical (unpaired) electrons. The van der Waals surface area contributed by atoms with Crippen molar-refractivity contribution in [3.63, 3.8) is 0 Å². The zero-order chi connectivity index (χ0) is 19.3. The van der Waals surface area contributed by atoms with Crippen LogP contribution in [-0.2, 0) is 22.3 Å². The van der Waals surface area contributed by atoms with Gasteiger partial charge in [-0.2, -0.15) is 13.2 Å². The van der Waals surface area contributed by atoms with Crippen molar-refractivity contribution in [2.45, 2.75) is 17.6 Å². The molecule has 1 aromatic heterocycles. The van der Waals surface area contributed by atoms with Crippen LogP contribution in [0.25, 0.3) is 0 Å². The summed E-state index contributed by atoms with van der Waals surface area (Å²) in [5.74, 6) is -1.22. The van der Waals surface area contributed by atoms with Crippen LogP contribution in [0.2, 0.25) is 0 Å². The van der Waals surface area contributed by atoms with Crippen LogP contribution < -0.4 is 16.6 Å². The van der Waals surface area contributed by atoms with Gasteiger partial charge in [0.05, 0.1) is 11.4 Å². The molecule has 1 aromatic carbocycles. The number of rotatable bonds is 6. The number of nitrogens with zero attached hydrogens (tertiary/aromatic N) is 1. The van der Waals surface area contributed by atoms with Crippen LogP contribution in [-0.4, -0.2) is 22.1 Å². The summed E-state index contributed by atoms with van der Waals surface area (Å²) in [6.45, 7) is -0.586. The Hall–Kier alpha value is -2.75. The predicted octanol–water partition coefficient (Wildman–Crippen LogP) is 2.08. The highest BCUT2D eigenvalue weighted by molar-refractivity contribution is 8.00. The van der Waals surface area contributed by atoms with Crippen LogP contribution in [0, 0.1) is 0 Å². The molecule has 0 saturated carbocycles. The molecule has 0 aliphatic carbocycles. The molecule has 138 valence electrons. The van der Waals surface area contributed by atoms with E-state index in [1.54, 1.807) is 24.3 Å². The van der Waals surface area contributed by atoms with Gasteiger partial charge >= 0.3 is 6.18 Å². The third-order valence-corrected chi connectivity index (χ3v) is 4.27. The molecular formula is C16H14F3N3O3S. The zero-order valence-electron chi connectivity index (χ0n) is 13.2. The van der Waals surface area contributed by atoms with Gasteiger partial charge in [-0.1, -0.05) is 12.1 Å². The van der Waals surface area contributed by atoms with Crippen molar-refractivity contribution in [3.8, 4) is 0 Å². The molecule has 0 aliphatic heterocycles. The Morgan fingerprint density at radius 1 is 1.15 bits per heavy atom. The molecule has 2 amide bonds. The standard InChI is InChI=1S/C16H14F3N3O3S/c17-16(18,19)10-4-3-7-22(15(10)25)8-14(24)21-11-5-1-2-6-12(11)26-9-13(20)23/h1-7H,8-9H2,(H2,20,23)(H,21,24). The van der Waals surface area contributed by atoms with Gasteiger partial charge in [0.1, 0.15) is 12.1 Å². The highest BCUT2D eigenvalue weighted by Gasteiger charge is 2.34. The molecule has 0 fully saturated rings. The van der Waals surface area contributed by atoms with Gasteiger partial charge in [-0.25, -0.2) is 0 Å². The van der Waals surface area contributed by atoms with Gasteiger partial charge in [-0.15, -0.1) is 11.8 Å². The first-order valence-corrected chi connectivity index (χ1v) is 8.23. The predicted molar refractivity (Wildman–Crippen MR) is 90.7 cm³/mol. The van der Waals surface area contributed by atoms with E-state index in [0.29, 0.717) is 21.2 Å². The first-order valence-electron chi connectivity index (χ1n) is 7.25. The number of benzene rings is 1. The SMILES string of the molecule is NC(=O)CSc1ccccc1NC(=O)Cn1cccc(C(F)(F)F)c1=O. The second-order valence-electron chi connectivity index (χ2n) is 5.15. The number of alkyl halides is 3. The minimum absolute atomic E-state index is 0.0000299. The molecule has 2 aromatic rings. The molecule has 0 spiro atoms. The number of halogens is 3. The van der Waals surface area contributed by atoms with E-state index < -0.39 is 35.7 Å². The van der Waals surface area contributed by atoms with Crippen molar-refractivity contribution in [1.82, 2.24) is 4.57 Å². The van der Waals surface area contributed by atoms with E-state index in [4.69, 9.17) is 5.73 Å². The van der Waals surface area contributed by atoms with Crippen LogP contribution in [0.4, 0.5) is 18.9 Å². The monoisotopic (exact) mass is 385 g/mol. The molecule has 0 aliphatic rings. The number of anilines is 1. The van der Waals surface area contributed by atoms with Crippen LogP contribution >= 0.6 is 11.8 Å². The van der Waals surface area contributed by atoms with Crippen LogP contribution in [0.15, 0.2) is 52.3 Å². The number of amides is 2. The Morgan fingerprint density at radius 2 is 1.85 bits per heavy atom. The van der Waals surface area contributed by atoms with Gasteiger partial charge in [-0.05, 0) is 24.3 Å². The Morgan fingerprint density at radius 3 is 2.50 bits per heavy atom. The summed E-state index contributed by atoms with van der Waals surface area (Å²) in [5.41, 5.74) is 2.81. The van der Waals surface area contributed by atoms with Crippen molar-refractivity contribution in [1.29, 1.82) is 0 Å². The van der Waals surface area contributed by atoms with E-state index in [1.807, 2.05) is 0 Å². The van der Waals surface area contributed by atoms with Crippen molar-refractivity contribution in [2.75, 3.05) is 11.1 Å². The number of para-hydroxylation sites is 1. The fraction of sp³-hybridized carbons (Fsp3) is 0.188. The molecule has 6 nitrogen and oxygen atoms in total. The molecule has 10 heteroatoms. The van der Waals surface area contributed by atoms with E-state index in [0.717, 1.165) is 24.0 Å². The minimum atomic E-state index is -4.80. The number of carbonyl (C=O) groups excluding carboxylic acids is 2. The normalized spacial score (nSPS) is 11.2. The van der Waals surface area contributed by atoms with Gasteiger partial charge in [0, 0.05) is 11.1 Å². The lowest BCUT2D eigenvalue weighted by atomic mass is 10.2.